The maximum Gasteiger partial charge on any atom is 0.226 e. The van der Waals surface area contributed by atoms with Crippen LogP contribution in [0.3, 0.4) is 0 Å². The minimum Gasteiger partial charge on any atom is -0.464 e. The summed E-state index contributed by atoms with van der Waals surface area (Å²) in [4.78, 5) is 13.8. The molecule has 0 saturated heterocycles. The summed E-state index contributed by atoms with van der Waals surface area (Å²) in [7, 11) is 1.73. The first-order chi connectivity index (χ1) is 9.92. The average Bonchev–Trinajstić information content (AvgIpc) is 2.81. The fraction of sp³-hybridized carbons (Fsp3) is 0.412. The number of carbonyl (C=O) groups is 1. The summed E-state index contributed by atoms with van der Waals surface area (Å²) in [5.74, 6) is -0.164. The van der Waals surface area contributed by atoms with E-state index in [0.717, 1.165) is 16.5 Å². The lowest BCUT2D eigenvalue weighted by atomic mass is 10.0. The van der Waals surface area contributed by atoms with Gasteiger partial charge in [-0.15, -0.1) is 0 Å². The molecule has 110 valence electrons. The first kappa shape index (κ1) is 15.1. The van der Waals surface area contributed by atoms with Gasteiger partial charge in [0.05, 0.1) is 24.7 Å². The van der Waals surface area contributed by atoms with E-state index in [1.165, 1.54) is 11.1 Å². The van der Waals surface area contributed by atoms with Gasteiger partial charge in [0.15, 0.2) is 0 Å². The first-order valence-electron chi connectivity index (χ1n) is 7.03. The Bertz CT molecular complexity index is 709. The maximum atomic E-state index is 12.2. The predicted octanol–water partition coefficient (Wildman–Crippen LogP) is 3.21. The molecule has 4 nitrogen and oxygen atoms in total. The standard InChI is InChI=1S/C17H20N2O2/c1-11(8-18)9-19(4)17(20)7-14-10-21-16-6-13(3)12(2)5-15(14)16/h5-6,10-11H,7,9H2,1-4H3. The van der Waals surface area contributed by atoms with Crippen molar-refractivity contribution in [2.75, 3.05) is 13.6 Å². The summed E-state index contributed by atoms with van der Waals surface area (Å²) in [5, 5.41) is 9.81. The molecule has 0 aliphatic rings. The van der Waals surface area contributed by atoms with E-state index >= 15 is 0 Å². The first-order valence-corrected chi connectivity index (χ1v) is 7.03. The number of hydrogen-bond donors (Lipinski definition) is 0. The van der Waals surface area contributed by atoms with Crippen LogP contribution in [0.15, 0.2) is 22.8 Å². The molecule has 0 radical (unpaired) electrons. The van der Waals surface area contributed by atoms with Crippen molar-refractivity contribution < 1.29 is 9.21 Å². The van der Waals surface area contributed by atoms with Crippen molar-refractivity contribution >= 4 is 16.9 Å². The van der Waals surface area contributed by atoms with E-state index in [1.807, 2.05) is 26.8 Å². The maximum absolute atomic E-state index is 12.2. The molecular formula is C17H20N2O2. The van der Waals surface area contributed by atoms with Gasteiger partial charge in [-0.25, -0.2) is 0 Å². The van der Waals surface area contributed by atoms with Crippen molar-refractivity contribution in [3.05, 3.63) is 35.1 Å². The van der Waals surface area contributed by atoms with Crippen molar-refractivity contribution in [3.63, 3.8) is 0 Å². The number of aryl methyl sites for hydroxylation is 2. The zero-order chi connectivity index (χ0) is 15.6. The average molecular weight is 284 g/mol. The van der Waals surface area contributed by atoms with Gasteiger partial charge < -0.3 is 9.32 Å². The molecular weight excluding hydrogens is 264 g/mol. The molecule has 0 aliphatic carbocycles. The third-order valence-electron chi connectivity index (χ3n) is 3.81. The fourth-order valence-electron chi connectivity index (χ4n) is 2.32. The second-order valence-corrected chi connectivity index (χ2v) is 5.67. The zero-order valence-corrected chi connectivity index (χ0v) is 12.9. The van der Waals surface area contributed by atoms with Gasteiger partial charge in [0.1, 0.15) is 5.58 Å². The molecule has 2 aromatic rings. The molecule has 1 atom stereocenters. The van der Waals surface area contributed by atoms with Crippen molar-refractivity contribution in [2.24, 2.45) is 5.92 Å². The van der Waals surface area contributed by atoms with Gasteiger partial charge in [-0.1, -0.05) is 0 Å². The third-order valence-corrected chi connectivity index (χ3v) is 3.81. The number of nitriles is 1. The number of furan rings is 1. The molecule has 4 heteroatoms. The highest BCUT2D eigenvalue weighted by Crippen LogP contribution is 2.25. The molecule has 0 fully saturated rings. The van der Waals surface area contributed by atoms with Crippen molar-refractivity contribution in [1.82, 2.24) is 4.90 Å². The Morgan fingerprint density at radius 1 is 1.38 bits per heavy atom. The monoisotopic (exact) mass is 284 g/mol. The topological polar surface area (TPSA) is 57.2 Å². The quantitative estimate of drug-likeness (QED) is 0.866. The SMILES string of the molecule is Cc1cc2occ(CC(=O)N(C)CC(C)C#N)c2cc1C. The van der Waals surface area contributed by atoms with Gasteiger partial charge in [0, 0.05) is 24.5 Å². The van der Waals surface area contributed by atoms with Crippen LogP contribution in [0.1, 0.15) is 23.6 Å². The van der Waals surface area contributed by atoms with Crippen LogP contribution in [0.4, 0.5) is 0 Å². The summed E-state index contributed by atoms with van der Waals surface area (Å²) in [6.45, 7) is 6.35. The van der Waals surface area contributed by atoms with Gasteiger partial charge in [0.25, 0.3) is 0 Å². The summed E-state index contributed by atoms with van der Waals surface area (Å²) in [5.41, 5.74) is 4.07. The number of carbonyl (C=O) groups excluding carboxylic acids is 1. The van der Waals surface area contributed by atoms with Crippen LogP contribution in [0, 0.1) is 31.1 Å². The van der Waals surface area contributed by atoms with Gasteiger partial charge in [-0.2, -0.15) is 5.26 Å². The Morgan fingerprint density at radius 3 is 2.71 bits per heavy atom. The van der Waals surface area contributed by atoms with Crippen LogP contribution < -0.4 is 0 Å². The number of hydrogen-bond acceptors (Lipinski definition) is 3. The lowest BCUT2D eigenvalue weighted by molar-refractivity contribution is -0.129. The summed E-state index contributed by atoms with van der Waals surface area (Å²) in [6.07, 6.45) is 1.95. The summed E-state index contributed by atoms with van der Waals surface area (Å²) < 4.78 is 5.54. The number of amides is 1. The van der Waals surface area contributed by atoms with E-state index in [4.69, 9.17) is 9.68 Å². The molecule has 2 rings (SSSR count). The second kappa shape index (κ2) is 6.01. The van der Waals surface area contributed by atoms with Crippen molar-refractivity contribution in [2.45, 2.75) is 27.2 Å². The Labute approximate surface area is 125 Å². The molecule has 1 heterocycles. The predicted molar refractivity (Wildman–Crippen MR) is 81.8 cm³/mol. The number of fused-ring (bicyclic) bond motifs is 1. The lowest BCUT2D eigenvalue weighted by Crippen LogP contribution is -2.31. The Hall–Kier alpha value is -2.28. The minimum absolute atomic E-state index is 0.00183. The van der Waals surface area contributed by atoms with Gasteiger partial charge >= 0.3 is 0 Å². The highest BCUT2D eigenvalue weighted by atomic mass is 16.3. The molecule has 1 unspecified atom stereocenters. The molecule has 0 N–H and O–H groups in total. The smallest absolute Gasteiger partial charge is 0.226 e. The van der Waals surface area contributed by atoms with Crippen molar-refractivity contribution in [1.29, 1.82) is 5.26 Å². The molecule has 0 aliphatic heterocycles. The van der Waals surface area contributed by atoms with Crippen LogP contribution in [0.5, 0.6) is 0 Å². The minimum atomic E-state index is -0.162. The van der Waals surface area contributed by atoms with E-state index in [-0.39, 0.29) is 11.8 Å². The summed E-state index contributed by atoms with van der Waals surface area (Å²) >= 11 is 0. The normalized spacial score (nSPS) is 12.1. The van der Waals surface area contributed by atoms with Crippen LogP contribution in [-0.2, 0) is 11.2 Å². The van der Waals surface area contributed by atoms with Crippen LogP contribution in [-0.4, -0.2) is 24.4 Å². The van der Waals surface area contributed by atoms with Crippen molar-refractivity contribution in [3.8, 4) is 6.07 Å². The van der Waals surface area contributed by atoms with Crippen LogP contribution in [0.25, 0.3) is 11.0 Å². The molecule has 0 bridgehead atoms. The van der Waals surface area contributed by atoms with E-state index in [1.54, 1.807) is 18.2 Å². The van der Waals surface area contributed by atoms with Gasteiger partial charge in [0.2, 0.25) is 5.91 Å². The largest absolute Gasteiger partial charge is 0.464 e. The number of nitrogens with zero attached hydrogens (tertiary/aromatic N) is 2. The number of rotatable bonds is 4. The lowest BCUT2D eigenvalue weighted by Gasteiger charge is -2.17. The van der Waals surface area contributed by atoms with Gasteiger partial charge in [-0.05, 0) is 44.0 Å². The third kappa shape index (κ3) is 3.25. The zero-order valence-electron chi connectivity index (χ0n) is 12.9. The molecule has 1 aromatic carbocycles. The molecule has 0 saturated carbocycles. The number of benzene rings is 1. The van der Waals surface area contributed by atoms with Crippen LogP contribution in [0.2, 0.25) is 0 Å². The Balaban J connectivity index is 2.18. The molecule has 21 heavy (non-hydrogen) atoms. The Morgan fingerprint density at radius 2 is 2.05 bits per heavy atom. The molecule has 0 spiro atoms. The Kier molecular flexibility index (Phi) is 4.32. The van der Waals surface area contributed by atoms with Gasteiger partial charge in [-0.3, -0.25) is 4.79 Å². The van der Waals surface area contributed by atoms with E-state index in [0.29, 0.717) is 13.0 Å². The highest BCUT2D eigenvalue weighted by molar-refractivity contribution is 5.88. The summed E-state index contributed by atoms with van der Waals surface area (Å²) in [6, 6.07) is 6.20. The second-order valence-electron chi connectivity index (χ2n) is 5.67. The number of likely N-dealkylation sites (N-methyl/N-ethyl adjacent to an activating group) is 1. The van der Waals surface area contributed by atoms with E-state index in [2.05, 4.69) is 12.1 Å². The fourth-order valence-corrected chi connectivity index (χ4v) is 2.32. The molecule has 1 aromatic heterocycles. The van der Waals surface area contributed by atoms with Crippen LogP contribution >= 0.6 is 0 Å². The molecule has 1 amide bonds. The van der Waals surface area contributed by atoms with E-state index < -0.39 is 0 Å². The highest BCUT2D eigenvalue weighted by Gasteiger charge is 2.16. The van der Waals surface area contributed by atoms with E-state index in [9.17, 15) is 4.79 Å².